The van der Waals surface area contributed by atoms with Gasteiger partial charge in [-0.1, -0.05) is 18.2 Å². The second kappa shape index (κ2) is 7.45. The molecule has 0 saturated carbocycles. The summed E-state index contributed by atoms with van der Waals surface area (Å²) in [5.41, 5.74) is 0.135. The van der Waals surface area contributed by atoms with Crippen LogP contribution in [0.4, 0.5) is 0 Å². The monoisotopic (exact) mass is 283 g/mol. The van der Waals surface area contributed by atoms with Crippen LogP contribution in [-0.4, -0.2) is 39.4 Å². The molecule has 0 aliphatic carbocycles. The number of unbranched alkanes of at least 4 members (excludes halogenated alkanes) is 1. The predicted octanol–water partition coefficient (Wildman–Crippen LogP) is 2.11. The minimum Gasteiger partial charge on any atom is -0.480 e. The van der Waals surface area contributed by atoms with Gasteiger partial charge in [-0.2, -0.15) is 0 Å². The Morgan fingerprint density at radius 3 is 2.84 bits per heavy atom. The lowest BCUT2D eigenvalue weighted by molar-refractivity contribution is -0.144. The van der Waals surface area contributed by atoms with Crippen LogP contribution in [0.2, 0.25) is 0 Å². The van der Waals surface area contributed by atoms with E-state index in [9.17, 15) is 4.79 Å². The number of aliphatic carboxylic acids is 1. The molecule has 6 heteroatoms. The Kier molecular flexibility index (Phi) is 6.24. The molecular formula is C13H21N3O2S. The van der Waals surface area contributed by atoms with Crippen LogP contribution >= 0.6 is 11.8 Å². The van der Waals surface area contributed by atoms with Gasteiger partial charge < -0.3 is 10.4 Å². The van der Waals surface area contributed by atoms with Crippen LogP contribution in [0.5, 0.6) is 0 Å². The normalized spacial score (nSPS) is 14.1. The molecule has 0 fully saturated rings. The molecule has 2 N–H and O–H groups in total. The molecule has 1 heterocycles. The summed E-state index contributed by atoms with van der Waals surface area (Å²) >= 11 is 1.61. The van der Waals surface area contributed by atoms with Gasteiger partial charge in [0.05, 0.1) is 0 Å². The Bertz CT molecular complexity index is 428. The van der Waals surface area contributed by atoms with Crippen LogP contribution in [0.15, 0.2) is 17.4 Å². The van der Waals surface area contributed by atoms with Crippen LogP contribution < -0.4 is 5.32 Å². The van der Waals surface area contributed by atoms with Crippen molar-refractivity contribution in [2.75, 3.05) is 12.8 Å². The number of thioether (sulfide) groups is 1. The number of rotatable bonds is 8. The number of nitrogens with one attached hydrogen (secondary N) is 1. The van der Waals surface area contributed by atoms with Gasteiger partial charge in [-0.3, -0.25) is 4.79 Å². The first-order chi connectivity index (χ1) is 8.98. The lowest BCUT2D eigenvalue weighted by atomic mass is 9.95. The fourth-order valence-corrected chi connectivity index (χ4v) is 2.45. The number of hydrogen-bond acceptors (Lipinski definition) is 5. The molecule has 1 unspecified atom stereocenters. The van der Waals surface area contributed by atoms with Gasteiger partial charge in [-0.05, 0) is 39.8 Å². The third-order valence-corrected chi connectivity index (χ3v) is 4.05. The summed E-state index contributed by atoms with van der Waals surface area (Å²) in [6, 6.07) is 1.87. The number of carboxylic acids is 1. The third-order valence-electron chi connectivity index (χ3n) is 3.10. The van der Waals surface area contributed by atoms with E-state index in [1.807, 2.05) is 13.0 Å². The number of aryl methyl sites for hydroxylation is 1. The highest BCUT2D eigenvalue weighted by Gasteiger charge is 2.29. The minimum atomic E-state index is -0.829. The van der Waals surface area contributed by atoms with Gasteiger partial charge in [0.2, 0.25) is 0 Å². The molecule has 106 valence electrons. The van der Waals surface area contributed by atoms with E-state index in [4.69, 9.17) is 5.11 Å². The summed E-state index contributed by atoms with van der Waals surface area (Å²) in [6.07, 6.45) is 4.19. The van der Waals surface area contributed by atoms with Crippen LogP contribution in [0.3, 0.4) is 0 Å². The second-order valence-electron chi connectivity index (χ2n) is 4.67. The molecule has 0 spiro atoms. The van der Waals surface area contributed by atoms with Crippen LogP contribution in [-0.2, 0) is 4.79 Å². The Morgan fingerprint density at radius 2 is 2.26 bits per heavy atom. The number of likely N-dealkylation sites (N-methyl/N-ethyl adjacent to an activating group) is 1. The molecule has 1 aromatic rings. The van der Waals surface area contributed by atoms with E-state index in [1.54, 1.807) is 31.9 Å². The van der Waals surface area contributed by atoms with Gasteiger partial charge >= 0.3 is 5.97 Å². The number of hydrogen-bond donors (Lipinski definition) is 2. The van der Waals surface area contributed by atoms with E-state index < -0.39 is 11.5 Å². The second-order valence-corrected chi connectivity index (χ2v) is 5.74. The van der Waals surface area contributed by atoms with E-state index in [0.717, 1.165) is 29.4 Å². The van der Waals surface area contributed by atoms with Crippen LogP contribution in [0, 0.1) is 6.92 Å². The molecule has 0 aliphatic rings. The average molecular weight is 283 g/mol. The molecule has 19 heavy (non-hydrogen) atoms. The van der Waals surface area contributed by atoms with Gasteiger partial charge in [-0.15, -0.1) is 0 Å². The van der Waals surface area contributed by atoms with Crippen molar-refractivity contribution in [3.63, 3.8) is 0 Å². The molecule has 0 aromatic carbocycles. The molecule has 0 saturated heterocycles. The summed E-state index contributed by atoms with van der Waals surface area (Å²) in [4.78, 5) is 19.6. The summed E-state index contributed by atoms with van der Waals surface area (Å²) in [5.74, 6) is 0.104. The maximum atomic E-state index is 11.1. The topological polar surface area (TPSA) is 75.1 Å². The first-order valence-electron chi connectivity index (χ1n) is 6.33. The summed E-state index contributed by atoms with van der Waals surface area (Å²) in [7, 11) is 1.68. The molecule has 0 amide bonds. The summed E-state index contributed by atoms with van der Waals surface area (Å²) in [5, 5.41) is 12.8. The number of aromatic nitrogens is 2. The van der Waals surface area contributed by atoms with Crippen molar-refractivity contribution in [3.8, 4) is 0 Å². The molecule has 1 rings (SSSR count). The Balaban J connectivity index is 2.26. The van der Waals surface area contributed by atoms with Crippen molar-refractivity contribution >= 4 is 17.7 Å². The van der Waals surface area contributed by atoms with Crippen molar-refractivity contribution in [3.05, 3.63) is 18.0 Å². The van der Waals surface area contributed by atoms with E-state index in [2.05, 4.69) is 15.3 Å². The van der Waals surface area contributed by atoms with Gasteiger partial charge in [0.25, 0.3) is 0 Å². The zero-order valence-corrected chi connectivity index (χ0v) is 12.5. The van der Waals surface area contributed by atoms with Gasteiger partial charge in [0, 0.05) is 17.6 Å². The average Bonchev–Trinajstić information content (AvgIpc) is 2.38. The Morgan fingerprint density at radius 1 is 1.53 bits per heavy atom. The molecule has 0 bridgehead atoms. The SMILES string of the molecule is CNC(C)(CCCCSc1nccc(C)n1)C(=O)O. The molecule has 1 atom stereocenters. The van der Waals surface area contributed by atoms with Crippen molar-refractivity contribution in [1.82, 2.24) is 15.3 Å². The minimum absolute atomic E-state index is 0.619. The van der Waals surface area contributed by atoms with Gasteiger partial charge in [0.1, 0.15) is 5.54 Å². The van der Waals surface area contributed by atoms with E-state index >= 15 is 0 Å². The first kappa shape index (κ1) is 15.9. The van der Waals surface area contributed by atoms with Crippen molar-refractivity contribution in [2.24, 2.45) is 0 Å². The Hall–Kier alpha value is -1.14. The molecule has 0 aliphatic heterocycles. The zero-order valence-electron chi connectivity index (χ0n) is 11.6. The predicted molar refractivity (Wildman–Crippen MR) is 76.4 cm³/mol. The molecule has 0 radical (unpaired) electrons. The van der Waals surface area contributed by atoms with E-state index in [1.165, 1.54) is 0 Å². The van der Waals surface area contributed by atoms with E-state index in [-0.39, 0.29) is 0 Å². The lowest BCUT2D eigenvalue weighted by Gasteiger charge is -2.23. The summed E-state index contributed by atoms with van der Waals surface area (Å²) < 4.78 is 0. The van der Waals surface area contributed by atoms with Crippen molar-refractivity contribution in [2.45, 2.75) is 43.8 Å². The molecule has 1 aromatic heterocycles. The highest BCUT2D eigenvalue weighted by Crippen LogP contribution is 2.18. The highest BCUT2D eigenvalue weighted by molar-refractivity contribution is 7.99. The quantitative estimate of drug-likeness (QED) is 0.432. The lowest BCUT2D eigenvalue weighted by Crippen LogP contribution is -2.47. The van der Waals surface area contributed by atoms with Crippen molar-refractivity contribution < 1.29 is 9.90 Å². The van der Waals surface area contributed by atoms with Gasteiger partial charge in [0.15, 0.2) is 5.16 Å². The first-order valence-corrected chi connectivity index (χ1v) is 7.31. The fourth-order valence-electron chi connectivity index (χ4n) is 1.58. The molecular weight excluding hydrogens is 262 g/mol. The number of nitrogens with zero attached hydrogens (tertiary/aromatic N) is 2. The third kappa shape index (κ3) is 5.16. The smallest absolute Gasteiger partial charge is 0.323 e. The van der Waals surface area contributed by atoms with Gasteiger partial charge in [-0.25, -0.2) is 9.97 Å². The highest BCUT2D eigenvalue weighted by atomic mass is 32.2. The summed E-state index contributed by atoms with van der Waals surface area (Å²) in [6.45, 7) is 3.66. The largest absolute Gasteiger partial charge is 0.480 e. The van der Waals surface area contributed by atoms with Crippen LogP contribution in [0.1, 0.15) is 31.9 Å². The molecule has 5 nitrogen and oxygen atoms in total. The standard InChI is InChI=1S/C13H21N3O2S/c1-10-6-8-15-12(16-10)19-9-5-4-7-13(2,14-3)11(17)18/h6,8,14H,4-5,7,9H2,1-3H3,(H,17,18). The Labute approximate surface area is 118 Å². The van der Waals surface area contributed by atoms with Crippen molar-refractivity contribution in [1.29, 1.82) is 0 Å². The maximum Gasteiger partial charge on any atom is 0.323 e. The van der Waals surface area contributed by atoms with Crippen LogP contribution in [0.25, 0.3) is 0 Å². The number of carbonyl (C=O) groups is 1. The zero-order chi connectivity index (χ0) is 14.3. The van der Waals surface area contributed by atoms with E-state index in [0.29, 0.717) is 6.42 Å². The maximum absolute atomic E-state index is 11.1. The fraction of sp³-hybridized carbons (Fsp3) is 0.615. The number of carboxylic acid groups (broad SMARTS) is 1.